The molecule has 1 heterocycles. The van der Waals surface area contributed by atoms with Crippen LogP contribution in [-0.4, -0.2) is 41.4 Å². The Bertz CT molecular complexity index is 1320. The Morgan fingerprint density at radius 1 is 0.889 bits per heavy atom. The van der Waals surface area contributed by atoms with E-state index in [1.807, 2.05) is 84.7 Å². The molecule has 0 aliphatic rings. The minimum atomic E-state index is -0.0778. The van der Waals surface area contributed by atoms with Gasteiger partial charge in [-0.1, -0.05) is 49.4 Å². The highest BCUT2D eigenvalue weighted by molar-refractivity contribution is 5.94. The van der Waals surface area contributed by atoms with Crippen LogP contribution in [0.3, 0.4) is 0 Å². The number of hydrogen-bond donors (Lipinski definition) is 0. The molecule has 0 saturated heterocycles. The monoisotopic (exact) mass is 485 g/mol. The van der Waals surface area contributed by atoms with Gasteiger partial charge in [-0.3, -0.25) is 4.79 Å². The van der Waals surface area contributed by atoms with Crippen molar-refractivity contribution in [3.8, 4) is 34.4 Å². The molecule has 0 saturated carbocycles. The van der Waals surface area contributed by atoms with E-state index in [9.17, 15) is 4.79 Å². The quantitative estimate of drug-likeness (QED) is 0.278. The van der Waals surface area contributed by atoms with Gasteiger partial charge in [0.05, 0.1) is 26.3 Å². The molecule has 0 unspecified atom stereocenters. The second kappa shape index (κ2) is 11.4. The van der Waals surface area contributed by atoms with Gasteiger partial charge in [-0.15, -0.1) is 0 Å². The third kappa shape index (κ3) is 5.51. The van der Waals surface area contributed by atoms with Crippen LogP contribution in [0.5, 0.6) is 23.1 Å². The zero-order valence-electron chi connectivity index (χ0n) is 21.1. The smallest absolute Gasteiger partial charge is 0.254 e. The van der Waals surface area contributed by atoms with E-state index >= 15 is 0 Å². The number of methoxy groups -OCH3 is 2. The number of ether oxygens (including phenoxy) is 3. The molecule has 0 aliphatic heterocycles. The first-order valence-corrected chi connectivity index (χ1v) is 11.9. The van der Waals surface area contributed by atoms with Crippen LogP contribution in [0.25, 0.3) is 11.3 Å². The Morgan fingerprint density at radius 3 is 2.25 bits per heavy atom. The van der Waals surface area contributed by atoms with Gasteiger partial charge < -0.3 is 19.1 Å². The zero-order valence-corrected chi connectivity index (χ0v) is 21.1. The summed E-state index contributed by atoms with van der Waals surface area (Å²) in [5.41, 5.74) is 3.13. The number of nitrogens with zero attached hydrogens (tertiary/aromatic N) is 3. The van der Waals surface area contributed by atoms with Crippen LogP contribution < -0.4 is 14.2 Å². The van der Waals surface area contributed by atoms with Gasteiger partial charge in [-0.2, -0.15) is 5.10 Å². The first-order valence-electron chi connectivity index (χ1n) is 11.9. The molecular weight excluding hydrogens is 454 g/mol. The van der Waals surface area contributed by atoms with E-state index < -0.39 is 0 Å². The van der Waals surface area contributed by atoms with Crippen LogP contribution >= 0.6 is 0 Å². The summed E-state index contributed by atoms with van der Waals surface area (Å²) >= 11 is 0. The van der Waals surface area contributed by atoms with Crippen molar-refractivity contribution in [1.29, 1.82) is 0 Å². The summed E-state index contributed by atoms with van der Waals surface area (Å²) in [6.07, 6.45) is 0.808. The second-order valence-corrected chi connectivity index (χ2v) is 8.36. The number of carbonyl (C=O) groups is 1. The third-order valence-electron chi connectivity index (χ3n) is 5.84. The summed E-state index contributed by atoms with van der Waals surface area (Å²) < 4.78 is 18.8. The largest absolute Gasteiger partial charge is 0.497 e. The van der Waals surface area contributed by atoms with E-state index in [1.54, 1.807) is 25.0 Å². The van der Waals surface area contributed by atoms with Crippen LogP contribution in [0.4, 0.5) is 0 Å². The van der Waals surface area contributed by atoms with Crippen molar-refractivity contribution in [3.05, 3.63) is 90.0 Å². The van der Waals surface area contributed by atoms with E-state index in [0.29, 0.717) is 41.8 Å². The van der Waals surface area contributed by atoms with Crippen LogP contribution in [0, 0.1) is 0 Å². The summed E-state index contributed by atoms with van der Waals surface area (Å²) in [5, 5.41) is 4.79. The molecule has 0 bridgehead atoms. The lowest BCUT2D eigenvalue weighted by atomic mass is 10.1. The van der Waals surface area contributed by atoms with E-state index in [2.05, 4.69) is 6.92 Å². The van der Waals surface area contributed by atoms with Gasteiger partial charge in [0.25, 0.3) is 5.91 Å². The molecule has 0 atom stereocenters. The van der Waals surface area contributed by atoms with Gasteiger partial charge in [0.15, 0.2) is 0 Å². The highest BCUT2D eigenvalue weighted by Gasteiger charge is 2.25. The molecule has 1 aromatic heterocycles. The maximum Gasteiger partial charge on any atom is 0.254 e. The Kier molecular flexibility index (Phi) is 7.90. The Hall–Kier alpha value is -4.26. The predicted octanol–water partition coefficient (Wildman–Crippen LogP) is 5.95. The van der Waals surface area contributed by atoms with Gasteiger partial charge in [0.2, 0.25) is 5.88 Å². The maximum atomic E-state index is 13.6. The SMILES string of the molecule is CCCN(Cc1c(-c2ccccc2)nn(C)c1Oc1cccc(OC)c1)C(=O)c1cccc(OC)c1. The van der Waals surface area contributed by atoms with Crippen LogP contribution in [-0.2, 0) is 13.6 Å². The molecular formula is C29H31N3O4. The van der Waals surface area contributed by atoms with E-state index in [4.69, 9.17) is 19.3 Å². The Morgan fingerprint density at radius 2 is 1.56 bits per heavy atom. The summed E-state index contributed by atoms with van der Waals surface area (Å²) in [7, 11) is 5.06. The minimum absolute atomic E-state index is 0.0778. The summed E-state index contributed by atoms with van der Waals surface area (Å²) in [6, 6.07) is 24.6. The lowest BCUT2D eigenvalue weighted by Gasteiger charge is -2.23. The standard InChI is InChI=1S/C29H31N3O4/c1-5-17-32(28(33)22-13-9-14-23(18-22)34-3)20-26-27(21-11-7-6-8-12-21)30-31(2)29(26)36-25-16-10-15-24(19-25)35-4/h6-16,18-19H,5,17,20H2,1-4H3. The molecule has 7 heteroatoms. The summed E-state index contributed by atoms with van der Waals surface area (Å²) in [5.74, 6) is 2.46. The predicted molar refractivity (Wildman–Crippen MR) is 140 cm³/mol. The molecule has 4 aromatic rings. The van der Waals surface area contributed by atoms with Gasteiger partial charge >= 0.3 is 0 Å². The Labute approximate surface area is 211 Å². The highest BCUT2D eigenvalue weighted by atomic mass is 16.5. The molecule has 1 amide bonds. The van der Waals surface area contributed by atoms with Gasteiger partial charge in [0.1, 0.15) is 22.9 Å². The minimum Gasteiger partial charge on any atom is -0.497 e. The second-order valence-electron chi connectivity index (χ2n) is 8.36. The first-order chi connectivity index (χ1) is 17.5. The molecule has 0 spiro atoms. The van der Waals surface area contributed by atoms with Crippen molar-refractivity contribution < 1.29 is 19.0 Å². The van der Waals surface area contributed by atoms with Gasteiger partial charge in [0, 0.05) is 30.8 Å². The average Bonchev–Trinajstić information content (AvgIpc) is 3.23. The number of hydrogen-bond acceptors (Lipinski definition) is 5. The molecule has 3 aromatic carbocycles. The molecule has 36 heavy (non-hydrogen) atoms. The van der Waals surface area contributed by atoms with Gasteiger partial charge in [-0.05, 0) is 36.8 Å². The molecule has 186 valence electrons. The number of aromatic nitrogens is 2. The molecule has 0 N–H and O–H groups in total. The summed E-state index contributed by atoms with van der Waals surface area (Å²) in [4.78, 5) is 15.4. The number of carbonyl (C=O) groups excluding carboxylic acids is 1. The number of aryl methyl sites for hydroxylation is 1. The topological polar surface area (TPSA) is 65.8 Å². The Balaban J connectivity index is 1.76. The van der Waals surface area contributed by atoms with E-state index in [-0.39, 0.29) is 5.91 Å². The van der Waals surface area contributed by atoms with Gasteiger partial charge in [-0.25, -0.2) is 4.68 Å². The number of rotatable bonds is 10. The molecule has 4 rings (SSSR count). The number of amides is 1. The fourth-order valence-corrected chi connectivity index (χ4v) is 4.08. The first kappa shape index (κ1) is 24.9. The maximum absolute atomic E-state index is 13.6. The van der Waals surface area contributed by atoms with Crippen molar-refractivity contribution in [1.82, 2.24) is 14.7 Å². The third-order valence-corrected chi connectivity index (χ3v) is 5.84. The average molecular weight is 486 g/mol. The van der Waals surface area contributed by atoms with E-state index in [0.717, 1.165) is 23.2 Å². The molecule has 0 aliphatic carbocycles. The van der Waals surface area contributed by atoms with Crippen LogP contribution in [0.2, 0.25) is 0 Å². The van der Waals surface area contributed by atoms with Crippen molar-refractivity contribution in [3.63, 3.8) is 0 Å². The van der Waals surface area contributed by atoms with Crippen molar-refractivity contribution in [2.75, 3.05) is 20.8 Å². The van der Waals surface area contributed by atoms with Crippen molar-refractivity contribution in [2.24, 2.45) is 7.05 Å². The van der Waals surface area contributed by atoms with E-state index in [1.165, 1.54) is 0 Å². The lowest BCUT2D eigenvalue weighted by Crippen LogP contribution is -2.31. The van der Waals surface area contributed by atoms with Crippen LogP contribution in [0.15, 0.2) is 78.9 Å². The fraction of sp³-hybridized carbons (Fsp3) is 0.241. The molecule has 7 nitrogen and oxygen atoms in total. The summed E-state index contributed by atoms with van der Waals surface area (Å²) in [6.45, 7) is 2.97. The highest BCUT2D eigenvalue weighted by Crippen LogP contribution is 2.35. The van der Waals surface area contributed by atoms with Crippen molar-refractivity contribution in [2.45, 2.75) is 19.9 Å². The normalized spacial score (nSPS) is 10.7. The zero-order chi connectivity index (χ0) is 25.5. The van der Waals surface area contributed by atoms with Crippen LogP contribution in [0.1, 0.15) is 29.3 Å². The number of benzene rings is 3. The van der Waals surface area contributed by atoms with Crippen molar-refractivity contribution >= 4 is 5.91 Å². The molecule has 0 radical (unpaired) electrons. The molecule has 0 fully saturated rings. The fourth-order valence-electron chi connectivity index (χ4n) is 4.08. The lowest BCUT2D eigenvalue weighted by molar-refractivity contribution is 0.0742.